The number of nitrogens with zero attached hydrogens (tertiary/aromatic N) is 3. The number of piperazine rings is 1. The standard InChI is InChI=1S/C20H18BrN3O.C2HF3O2/c21-18-3-1-2-16(12-18)20(25)24-10-8-23(9-11-24)19-5-4-17-14-22-7-6-15(17)13-19;3-2(4,5)1(6)7/h1-7,12-14H,8-11H2;(H,6,7). The summed E-state index contributed by atoms with van der Waals surface area (Å²) in [5, 5.41) is 9.47. The predicted octanol–water partition coefficient (Wildman–Crippen LogP) is 4.59. The van der Waals surface area contributed by atoms with E-state index in [-0.39, 0.29) is 5.91 Å². The maximum absolute atomic E-state index is 12.6. The quantitative estimate of drug-likeness (QED) is 0.546. The maximum atomic E-state index is 12.6. The van der Waals surface area contributed by atoms with Gasteiger partial charge in [-0.1, -0.05) is 28.1 Å². The van der Waals surface area contributed by atoms with Gasteiger partial charge in [-0.25, -0.2) is 4.79 Å². The second-order valence-corrected chi connectivity index (χ2v) is 7.92. The lowest BCUT2D eigenvalue weighted by atomic mass is 10.1. The van der Waals surface area contributed by atoms with Gasteiger partial charge in [-0.15, -0.1) is 0 Å². The van der Waals surface area contributed by atoms with E-state index in [1.807, 2.05) is 47.6 Å². The number of pyridine rings is 1. The minimum absolute atomic E-state index is 0.102. The lowest BCUT2D eigenvalue weighted by Gasteiger charge is -2.36. The zero-order valence-corrected chi connectivity index (χ0v) is 18.3. The number of carboxylic acid groups (broad SMARTS) is 1. The summed E-state index contributed by atoms with van der Waals surface area (Å²) in [6.45, 7) is 3.16. The van der Waals surface area contributed by atoms with Gasteiger partial charge in [-0.2, -0.15) is 13.2 Å². The summed E-state index contributed by atoms with van der Waals surface area (Å²) in [5.74, 6) is -2.65. The summed E-state index contributed by atoms with van der Waals surface area (Å²) in [6.07, 6.45) is -1.38. The van der Waals surface area contributed by atoms with Crippen molar-refractivity contribution in [2.75, 3.05) is 31.1 Å². The van der Waals surface area contributed by atoms with Gasteiger partial charge in [0, 0.05) is 59.7 Å². The summed E-state index contributed by atoms with van der Waals surface area (Å²) in [5.41, 5.74) is 1.94. The molecule has 2 aromatic carbocycles. The van der Waals surface area contributed by atoms with Gasteiger partial charge in [-0.3, -0.25) is 9.78 Å². The Hall–Kier alpha value is -3.14. The molecule has 0 saturated carbocycles. The summed E-state index contributed by atoms with van der Waals surface area (Å²) >= 11 is 3.43. The lowest BCUT2D eigenvalue weighted by Crippen LogP contribution is -2.48. The molecule has 1 aliphatic rings. The van der Waals surface area contributed by atoms with Gasteiger partial charge in [0.1, 0.15) is 0 Å². The van der Waals surface area contributed by atoms with Gasteiger partial charge in [0.25, 0.3) is 5.91 Å². The van der Waals surface area contributed by atoms with Crippen LogP contribution in [0.25, 0.3) is 10.8 Å². The van der Waals surface area contributed by atoms with Crippen molar-refractivity contribution in [1.29, 1.82) is 0 Å². The first-order valence-corrected chi connectivity index (χ1v) is 10.4. The van der Waals surface area contributed by atoms with Crippen molar-refractivity contribution in [1.82, 2.24) is 9.88 Å². The van der Waals surface area contributed by atoms with Gasteiger partial charge in [-0.05, 0) is 41.8 Å². The predicted molar refractivity (Wildman–Crippen MR) is 118 cm³/mol. The molecule has 1 N–H and O–H groups in total. The zero-order valence-electron chi connectivity index (χ0n) is 16.7. The van der Waals surface area contributed by atoms with Crippen molar-refractivity contribution in [2.45, 2.75) is 6.18 Å². The summed E-state index contributed by atoms with van der Waals surface area (Å²) < 4.78 is 32.7. The molecular formula is C22H19BrF3N3O3. The third-order valence-electron chi connectivity index (χ3n) is 4.87. The minimum Gasteiger partial charge on any atom is -0.475 e. The topological polar surface area (TPSA) is 73.7 Å². The molecule has 2 heterocycles. The molecule has 6 nitrogen and oxygen atoms in total. The SMILES string of the molecule is O=C(O)C(F)(F)F.O=C(c1cccc(Br)c1)N1CCN(c2ccc3cnccc3c2)CC1. The number of benzene rings is 2. The van der Waals surface area contributed by atoms with E-state index in [0.29, 0.717) is 0 Å². The molecule has 0 unspecified atom stereocenters. The molecule has 0 spiro atoms. The molecule has 0 radical (unpaired) electrons. The zero-order chi connectivity index (χ0) is 23.3. The van der Waals surface area contributed by atoms with Crippen LogP contribution in [0.15, 0.2) is 65.4 Å². The Kier molecular flexibility index (Phi) is 7.34. The number of fused-ring (bicyclic) bond motifs is 1. The Morgan fingerprint density at radius 1 is 0.969 bits per heavy atom. The summed E-state index contributed by atoms with van der Waals surface area (Å²) in [7, 11) is 0. The molecule has 32 heavy (non-hydrogen) atoms. The largest absolute Gasteiger partial charge is 0.490 e. The van der Waals surface area contributed by atoms with Crippen LogP contribution in [-0.2, 0) is 4.79 Å². The molecule has 0 bridgehead atoms. The third-order valence-corrected chi connectivity index (χ3v) is 5.36. The number of carbonyl (C=O) groups is 2. The van der Waals surface area contributed by atoms with Crippen molar-refractivity contribution >= 4 is 44.3 Å². The van der Waals surface area contributed by atoms with Crippen molar-refractivity contribution in [3.8, 4) is 0 Å². The molecule has 1 saturated heterocycles. The Bertz CT molecular complexity index is 1120. The molecule has 10 heteroatoms. The highest BCUT2D eigenvalue weighted by atomic mass is 79.9. The second kappa shape index (κ2) is 9.99. The molecule has 3 aromatic rings. The lowest BCUT2D eigenvalue weighted by molar-refractivity contribution is -0.192. The van der Waals surface area contributed by atoms with E-state index in [1.165, 1.54) is 11.1 Å². The Morgan fingerprint density at radius 2 is 1.66 bits per heavy atom. The van der Waals surface area contributed by atoms with Crippen LogP contribution in [0.5, 0.6) is 0 Å². The molecule has 1 fully saturated rings. The monoisotopic (exact) mass is 509 g/mol. The number of halogens is 4. The van der Waals surface area contributed by atoms with E-state index >= 15 is 0 Å². The fourth-order valence-corrected chi connectivity index (χ4v) is 3.64. The van der Waals surface area contributed by atoms with Crippen LogP contribution >= 0.6 is 15.9 Å². The molecule has 1 amide bonds. The van der Waals surface area contributed by atoms with E-state index in [0.717, 1.165) is 41.6 Å². The van der Waals surface area contributed by atoms with Gasteiger partial charge in [0.15, 0.2) is 0 Å². The number of hydrogen-bond donors (Lipinski definition) is 1. The van der Waals surface area contributed by atoms with Crippen molar-refractivity contribution in [3.63, 3.8) is 0 Å². The van der Waals surface area contributed by atoms with Crippen LogP contribution in [0.2, 0.25) is 0 Å². The fourth-order valence-electron chi connectivity index (χ4n) is 3.24. The molecule has 0 atom stereocenters. The van der Waals surface area contributed by atoms with E-state index in [1.54, 1.807) is 0 Å². The van der Waals surface area contributed by atoms with Crippen LogP contribution in [-0.4, -0.2) is 59.2 Å². The first-order valence-electron chi connectivity index (χ1n) is 9.59. The molecule has 4 rings (SSSR count). The van der Waals surface area contributed by atoms with Crippen LogP contribution in [0.1, 0.15) is 10.4 Å². The third kappa shape index (κ3) is 5.97. The van der Waals surface area contributed by atoms with Gasteiger partial charge in [0.05, 0.1) is 0 Å². The molecule has 1 aromatic heterocycles. The molecule has 0 aliphatic carbocycles. The van der Waals surface area contributed by atoms with Crippen molar-refractivity contribution in [2.24, 2.45) is 0 Å². The molecule has 168 valence electrons. The molecule has 1 aliphatic heterocycles. The molecular weight excluding hydrogens is 491 g/mol. The average Bonchev–Trinajstić information content (AvgIpc) is 2.78. The number of carbonyl (C=O) groups excluding carboxylic acids is 1. The first kappa shape index (κ1) is 23.5. The van der Waals surface area contributed by atoms with Crippen LogP contribution < -0.4 is 4.90 Å². The van der Waals surface area contributed by atoms with Gasteiger partial charge >= 0.3 is 12.1 Å². The number of alkyl halides is 3. The summed E-state index contributed by atoms with van der Waals surface area (Å²) in [6, 6.07) is 16.1. The first-order chi connectivity index (χ1) is 15.1. The van der Waals surface area contributed by atoms with Gasteiger partial charge < -0.3 is 14.9 Å². The number of anilines is 1. The maximum Gasteiger partial charge on any atom is 0.490 e. The van der Waals surface area contributed by atoms with Crippen LogP contribution in [0.3, 0.4) is 0 Å². The fraction of sp³-hybridized carbons (Fsp3) is 0.227. The Morgan fingerprint density at radius 3 is 2.28 bits per heavy atom. The highest BCUT2D eigenvalue weighted by Gasteiger charge is 2.38. The van der Waals surface area contributed by atoms with Gasteiger partial charge in [0.2, 0.25) is 0 Å². The summed E-state index contributed by atoms with van der Waals surface area (Å²) in [4.78, 5) is 30.0. The normalized spacial score (nSPS) is 14.0. The number of amides is 1. The number of hydrogen-bond acceptors (Lipinski definition) is 4. The van der Waals surface area contributed by atoms with E-state index in [4.69, 9.17) is 9.90 Å². The second-order valence-electron chi connectivity index (χ2n) is 7.00. The number of rotatable bonds is 2. The van der Waals surface area contributed by atoms with Crippen molar-refractivity contribution in [3.05, 3.63) is 71.0 Å². The van der Waals surface area contributed by atoms with Crippen LogP contribution in [0, 0.1) is 0 Å². The highest BCUT2D eigenvalue weighted by molar-refractivity contribution is 9.10. The number of aliphatic carboxylic acids is 1. The minimum atomic E-state index is -5.08. The number of aromatic nitrogens is 1. The number of carboxylic acids is 1. The van der Waals surface area contributed by atoms with E-state index < -0.39 is 12.1 Å². The van der Waals surface area contributed by atoms with E-state index in [2.05, 4.69) is 44.0 Å². The van der Waals surface area contributed by atoms with E-state index in [9.17, 15) is 18.0 Å². The smallest absolute Gasteiger partial charge is 0.475 e. The highest BCUT2D eigenvalue weighted by Crippen LogP contribution is 2.23. The van der Waals surface area contributed by atoms with Crippen LogP contribution in [0.4, 0.5) is 18.9 Å². The van der Waals surface area contributed by atoms with Crippen molar-refractivity contribution < 1.29 is 27.9 Å². The Labute approximate surface area is 190 Å². The average molecular weight is 510 g/mol. The Balaban J connectivity index is 0.000000360.